The minimum atomic E-state index is 0.689. The average Bonchev–Trinajstić information content (AvgIpc) is 3.78. The monoisotopic (exact) mass is 531 g/mol. The van der Waals surface area contributed by atoms with E-state index in [1.54, 1.807) is 31.4 Å². The van der Waals surface area contributed by atoms with Crippen LogP contribution < -0.4 is 4.74 Å². The number of rotatable bonds is 7. The Morgan fingerprint density at radius 3 is 2.21 bits per heavy atom. The Balaban J connectivity index is 1.36. The van der Waals surface area contributed by atoms with Gasteiger partial charge in [-0.15, -0.1) is 0 Å². The third kappa shape index (κ3) is 4.17. The maximum atomic E-state index is 5.46. The molecule has 0 spiro atoms. The third-order valence-corrected chi connectivity index (χ3v) is 7.88. The number of benzene rings is 2. The van der Waals surface area contributed by atoms with E-state index >= 15 is 0 Å². The first-order valence-corrected chi connectivity index (χ1v) is 13.6. The van der Waals surface area contributed by atoms with Gasteiger partial charge in [0, 0.05) is 53.4 Å². The van der Waals surface area contributed by atoms with Crippen LogP contribution in [0.15, 0.2) is 97.1 Å². The molecule has 2 aromatic carbocycles. The van der Waals surface area contributed by atoms with E-state index in [2.05, 4.69) is 78.1 Å². The maximum Gasteiger partial charge on any atom is 0.166 e. The van der Waals surface area contributed by atoms with Gasteiger partial charge in [-0.2, -0.15) is 0 Å². The minimum absolute atomic E-state index is 0.689. The van der Waals surface area contributed by atoms with Gasteiger partial charge >= 0.3 is 0 Å². The van der Waals surface area contributed by atoms with Crippen LogP contribution in [0.25, 0.3) is 44.6 Å². The summed E-state index contributed by atoms with van der Waals surface area (Å²) < 4.78 is 9.73. The fourth-order valence-corrected chi connectivity index (χ4v) is 5.88. The van der Waals surface area contributed by atoms with Crippen LogP contribution in [-0.4, -0.2) is 41.2 Å². The molecule has 39 heavy (non-hydrogen) atoms. The van der Waals surface area contributed by atoms with E-state index in [9.17, 15) is 0 Å². The molecule has 0 amide bonds. The Morgan fingerprint density at radius 2 is 1.51 bits per heavy atom. The Bertz CT molecular complexity index is 1920. The SMILES string of the molecule is COc1ccnc(CSc2nc3cc(-n4cccc4)c(-c4cc5[nH]cnc5cc4-n4cccc4)cc3[nH]2)c1C. The molecule has 0 unspecified atom stereocenters. The van der Waals surface area contributed by atoms with E-state index < -0.39 is 0 Å². The van der Waals surface area contributed by atoms with Gasteiger partial charge in [0.05, 0.1) is 52.6 Å². The highest BCUT2D eigenvalue weighted by Crippen LogP contribution is 2.37. The lowest BCUT2D eigenvalue weighted by Crippen LogP contribution is -1.99. The van der Waals surface area contributed by atoms with E-state index in [1.165, 1.54) is 0 Å². The van der Waals surface area contributed by atoms with E-state index in [0.29, 0.717) is 5.75 Å². The van der Waals surface area contributed by atoms with Gasteiger partial charge in [-0.3, -0.25) is 4.98 Å². The number of ether oxygens (including phenoxy) is 1. The average molecular weight is 532 g/mol. The summed E-state index contributed by atoms with van der Waals surface area (Å²) in [6, 6.07) is 18.7. The van der Waals surface area contributed by atoms with E-state index in [0.717, 1.165) is 66.7 Å². The number of H-pyrrole nitrogens is 2. The molecule has 8 nitrogen and oxygen atoms in total. The summed E-state index contributed by atoms with van der Waals surface area (Å²) >= 11 is 1.63. The summed E-state index contributed by atoms with van der Waals surface area (Å²) in [5.74, 6) is 1.54. The zero-order valence-electron chi connectivity index (χ0n) is 21.4. The quantitative estimate of drug-likeness (QED) is 0.224. The normalized spacial score (nSPS) is 11.5. The number of nitrogens with zero attached hydrogens (tertiary/aromatic N) is 5. The van der Waals surface area contributed by atoms with Gasteiger partial charge in [0.15, 0.2) is 5.16 Å². The van der Waals surface area contributed by atoms with Gasteiger partial charge in [0.2, 0.25) is 0 Å². The second-order valence-corrected chi connectivity index (χ2v) is 10.2. The number of aromatic amines is 2. The van der Waals surface area contributed by atoms with Crippen LogP contribution in [0.5, 0.6) is 5.75 Å². The lowest BCUT2D eigenvalue weighted by Gasteiger charge is -2.16. The topological polar surface area (TPSA) is 89.3 Å². The number of fused-ring (bicyclic) bond motifs is 2. The van der Waals surface area contributed by atoms with E-state index in [1.807, 2.05) is 37.3 Å². The highest BCUT2D eigenvalue weighted by Gasteiger charge is 2.18. The Morgan fingerprint density at radius 1 is 0.846 bits per heavy atom. The lowest BCUT2D eigenvalue weighted by atomic mass is 9.99. The Hall–Kier alpha value is -4.76. The Labute approximate surface area is 228 Å². The van der Waals surface area contributed by atoms with Gasteiger partial charge in [0.1, 0.15) is 5.75 Å². The molecule has 0 saturated heterocycles. The van der Waals surface area contributed by atoms with Crippen molar-refractivity contribution in [2.24, 2.45) is 0 Å². The second kappa shape index (κ2) is 9.52. The molecule has 2 N–H and O–H groups in total. The summed E-state index contributed by atoms with van der Waals surface area (Å²) in [5.41, 5.74) is 10.1. The first-order chi connectivity index (χ1) is 19.2. The number of thioether (sulfide) groups is 1. The minimum Gasteiger partial charge on any atom is -0.496 e. The van der Waals surface area contributed by atoms with Crippen LogP contribution in [0.3, 0.4) is 0 Å². The van der Waals surface area contributed by atoms with Crippen LogP contribution in [0.1, 0.15) is 11.3 Å². The second-order valence-electron chi connectivity index (χ2n) is 9.27. The molecule has 0 bridgehead atoms. The van der Waals surface area contributed by atoms with Gasteiger partial charge in [0.25, 0.3) is 0 Å². The molecule has 0 aliphatic carbocycles. The fraction of sp³-hybridized carbons (Fsp3) is 0.100. The number of imidazole rings is 2. The van der Waals surface area contributed by atoms with Crippen LogP contribution >= 0.6 is 11.8 Å². The zero-order chi connectivity index (χ0) is 26.3. The highest BCUT2D eigenvalue weighted by atomic mass is 32.2. The van der Waals surface area contributed by atoms with Crippen molar-refractivity contribution in [2.75, 3.05) is 7.11 Å². The first kappa shape index (κ1) is 23.4. The molecular formula is C30H25N7OS. The Kier molecular flexibility index (Phi) is 5.70. The van der Waals surface area contributed by atoms with Crippen LogP contribution in [0.2, 0.25) is 0 Å². The molecule has 0 atom stereocenters. The number of methoxy groups -OCH3 is 1. The van der Waals surface area contributed by atoms with Gasteiger partial charge < -0.3 is 23.8 Å². The molecule has 0 fully saturated rings. The highest BCUT2D eigenvalue weighted by molar-refractivity contribution is 7.98. The smallest absolute Gasteiger partial charge is 0.166 e. The van der Waals surface area contributed by atoms with Gasteiger partial charge in [-0.1, -0.05) is 11.8 Å². The standard InChI is InChI=1S/C30H25N7OS/c1-19-26(31-8-7-29(19)38-2)17-39-30-34-24-14-21(28(16-25(24)35-30)37-11-5-6-12-37)20-13-22-23(33-18-32-22)15-27(20)36-9-3-4-10-36/h3-16,18H,17H2,1-2H3,(H,32,33)(H,34,35). The van der Waals surface area contributed by atoms with Crippen molar-refractivity contribution in [1.29, 1.82) is 0 Å². The molecule has 0 aliphatic heterocycles. The van der Waals surface area contributed by atoms with Crippen molar-refractivity contribution in [3.05, 3.63) is 103 Å². The summed E-state index contributed by atoms with van der Waals surface area (Å²) in [6.45, 7) is 2.04. The fourth-order valence-electron chi connectivity index (χ4n) is 4.97. The molecule has 192 valence electrons. The molecule has 7 rings (SSSR count). The number of nitrogens with one attached hydrogen (secondary N) is 2. The third-order valence-electron chi connectivity index (χ3n) is 7.00. The van der Waals surface area contributed by atoms with Gasteiger partial charge in [-0.05, 0) is 61.5 Å². The molecule has 0 aliphatic rings. The molecule has 5 aromatic heterocycles. The van der Waals surface area contributed by atoms with Crippen molar-refractivity contribution in [3.63, 3.8) is 0 Å². The largest absolute Gasteiger partial charge is 0.496 e. The molecule has 7 aromatic rings. The predicted octanol–water partition coefficient (Wildman–Crippen LogP) is 6.69. The molecular weight excluding hydrogens is 506 g/mol. The predicted molar refractivity (Wildman–Crippen MR) is 155 cm³/mol. The maximum absolute atomic E-state index is 5.46. The summed E-state index contributed by atoms with van der Waals surface area (Å²) in [4.78, 5) is 20.8. The van der Waals surface area contributed by atoms with Crippen molar-refractivity contribution in [1.82, 2.24) is 34.1 Å². The van der Waals surface area contributed by atoms with Gasteiger partial charge in [-0.25, -0.2) is 9.97 Å². The number of aromatic nitrogens is 7. The summed E-state index contributed by atoms with van der Waals surface area (Å²) in [6.07, 6.45) is 11.8. The van der Waals surface area contributed by atoms with E-state index in [-0.39, 0.29) is 0 Å². The first-order valence-electron chi connectivity index (χ1n) is 12.6. The number of pyridine rings is 1. The lowest BCUT2D eigenvalue weighted by molar-refractivity contribution is 0.410. The number of hydrogen-bond acceptors (Lipinski definition) is 5. The van der Waals surface area contributed by atoms with Crippen LogP contribution in [0.4, 0.5) is 0 Å². The molecule has 0 saturated carbocycles. The summed E-state index contributed by atoms with van der Waals surface area (Å²) in [7, 11) is 1.68. The zero-order valence-corrected chi connectivity index (χ0v) is 22.2. The molecule has 5 heterocycles. The van der Waals surface area contributed by atoms with E-state index in [4.69, 9.17) is 9.72 Å². The van der Waals surface area contributed by atoms with Crippen LogP contribution in [-0.2, 0) is 5.75 Å². The van der Waals surface area contributed by atoms with Crippen molar-refractivity contribution >= 4 is 33.8 Å². The number of hydrogen-bond donors (Lipinski definition) is 2. The summed E-state index contributed by atoms with van der Waals surface area (Å²) in [5, 5.41) is 0.847. The molecule has 9 heteroatoms. The van der Waals surface area contributed by atoms with Crippen molar-refractivity contribution < 1.29 is 4.74 Å². The van der Waals surface area contributed by atoms with Crippen molar-refractivity contribution in [2.45, 2.75) is 17.8 Å². The molecule has 0 radical (unpaired) electrons. The van der Waals surface area contributed by atoms with Crippen LogP contribution in [0, 0.1) is 6.92 Å². The van der Waals surface area contributed by atoms with Crippen molar-refractivity contribution in [3.8, 4) is 28.3 Å².